The first-order valence-electron chi connectivity index (χ1n) is 7.62. The van der Waals surface area contributed by atoms with Gasteiger partial charge < -0.3 is 0 Å². The van der Waals surface area contributed by atoms with Gasteiger partial charge in [0.1, 0.15) is 5.78 Å². The Kier molecular flexibility index (Phi) is 3.44. The average molecular weight is 257 g/mol. The molecule has 2 nitrogen and oxygen atoms in total. The summed E-state index contributed by atoms with van der Waals surface area (Å²) >= 11 is 0. The van der Waals surface area contributed by atoms with E-state index < -0.39 is 0 Å². The highest BCUT2D eigenvalue weighted by atomic mass is 16.1. The number of carbonyl (C=O) groups is 1. The summed E-state index contributed by atoms with van der Waals surface area (Å²) in [5.74, 6) is 0.735. The van der Waals surface area contributed by atoms with E-state index in [1.165, 1.54) is 11.1 Å². The molecule has 1 aromatic rings. The lowest BCUT2D eigenvalue weighted by atomic mass is 9.76. The van der Waals surface area contributed by atoms with Gasteiger partial charge in [0.15, 0.2) is 0 Å². The van der Waals surface area contributed by atoms with E-state index in [0.717, 1.165) is 25.8 Å². The molecule has 0 aliphatic carbocycles. The fourth-order valence-corrected chi connectivity index (χ4v) is 4.10. The molecule has 2 heterocycles. The number of fused-ring (bicyclic) bond motifs is 3. The second kappa shape index (κ2) is 5.09. The summed E-state index contributed by atoms with van der Waals surface area (Å²) in [5.41, 5.74) is 2.84. The fourth-order valence-electron chi connectivity index (χ4n) is 4.10. The van der Waals surface area contributed by atoms with Crippen molar-refractivity contribution < 1.29 is 4.79 Å². The predicted molar refractivity (Wildman–Crippen MR) is 77.1 cm³/mol. The Bertz CT molecular complexity index is 482. The summed E-state index contributed by atoms with van der Waals surface area (Å²) in [6.45, 7) is 5.50. The van der Waals surface area contributed by atoms with Crippen LogP contribution in [0.1, 0.15) is 50.3 Å². The SMILES string of the molecule is CCC1C(=O)CC2c3ccccc3CCN2C1CC. The van der Waals surface area contributed by atoms with Crippen molar-refractivity contribution >= 4 is 5.78 Å². The first kappa shape index (κ1) is 12.9. The maximum absolute atomic E-state index is 12.4. The van der Waals surface area contributed by atoms with Crippen LogP contribution >= 0.6 is 0 Å². The first-order chi connectivity index (χ1) is 9.26. The lowest BCUT2D eigenvalue weighted by Gasteiger charge is -2.48. The lowest BCUT2D eigenvalue weighted by molar-refractivity contribution is -0.132. The van der Waals surface area contributed by atoms with Crippen LogP contribution in [-0.4, -0.2) is 23.3 Å². The fraction of sp³-hybridized carbons (Fsp3) is 0.588. The summed E-state index contributed by atoms with van der Waals surface area (Å²) in [6, 6.07) is 9.46. The Morgan fingerprint density at radius 1 is 1.21 bits per heavy atom. The lowest BCUT2D eigenvalue weighted by Crippen LogP contribution is -2.52. The highest BCUT2D eigenvalue weighted by Gasteiger charge is 2.42. The molecule has 1 saturated heterocycles. The molecule has 0 spiro atoms. The van der Waals surface area contributed by atoms with Crippen LogP contribution < -0.4 is 0 Å². The summed E-state index contributed by atoms with van der Waals surface area (Å²) in [4.78, 5) is 15.0. The number of carbonyl (C=O) groups excluding carboxylic acids is 1. The van der Waals surface area contributed by atoms with Crippen LogP contribution in [0.15, 0.2) is 24.3 Å². The second-order valence-corrected chi connectivity index (χ2v) is 5.86. The van der Waals surface area contributed by atoms with Crippen molar-refractivity contribution in [1.29, 1.82) is 0 Å². The van der Waals surface area contributed by atoms with Crippen LogP contribution in [-0.2, 0) is 11.2 Å². The van der Waals surface area contributed by atoms with Gasteiger partial charge in [0.25, 0.3) is 0 Å². The van der Waals surface area contributed by atoms with Crippen LogP contribution in [0.4, 0.5) is 0 Å². The molecule has 3 rings (SSSR count). The molecule has 0 radical (unpaired) electrons. The largest absolute Gasteiger partial charge is 0.299 e. The van der Waals surface area contributed by atoms with Gasteiger partial charge in [-0.15, -0.1) is 0 Å². The molecule has 1 aromatic carbocycles. The van der Waals surface area contributed by atoms with Gasteiger partial charge in [0.05, 0.1) is 0 Å². The van der Waals surface area contributed by atoms with Crippen LogP contribution in [0.5, 0.6) is 0 Å². The van der Waals surface area contributed by atoms with Crippen LogP contribution in [0.25, 0.3) is 0 Å². The van der Waals surface area contributed by atoms with Gasteiger partial charge in [0, 0.05) is 31.0 Å². The molecule has 19 heavy (non-hydrogen) atoms. The highest BCUT2D eigenvalue weighted by molar-refractivity contribution is 5.83. The summed E-state index contributed by atoms with van der Waals surface area (Å²) in [7, 11) is 0. The van der Waals surface area contributed by atoms with Crippen molar-refractivity contribution in [3.63, 3.8) is 0 Å². The van der Waals surface area contributed by atoms with Gasteiger partial charge in [-0.3, -0.25) is 9.69 Å². The molecule has 0 saturated carbocycles. The van der Waals surface area contributed by atoms with Crippen molar-refractivity contribution in [2.45, 2.75) is 51.6 Å². The number of Topliss-reactive ketones (excluding diaryl/α,β-unsaturated/α-hetero) is 1. The van der Waals surface area contributed by atoms with Gasteiger partial charge in [0.2, 0.25) is 0 Å². The molecule has 2 aliphatic heterocycles. The molecule has 2 heteroatoms. The van der Waals surface area contributed by atoms with E-state index in [9.17, 15) is 4.79 Å². The van der Waals surface area contributed by atoms with Crippen LogP contribution in [0.2, 0.25) is 0 Å². The molecule has 0 amide bonds. The molecular formula is C17H23NO. The third-order valence-electron chi connectivity index (χ3n) is 5.01. The minimum Gasteiger partial charge on any atom is -0.299 e. The van der Waals surface area contributed by atoms with Crippen molar-refractivity contribution in [3.8, 4) is 0 Å². The number of ketones is 1. The molecule has 0 aromatic heterocycles. The molecule has 0 bridgehead atoms. The molecule has 0 N–H and O–H groups in total. The highest BCUT2D eigenvalue weighted by Crippen LogP contribution is 2.41. The third-order valence-corrected chi connectivity index (χ3v) is 5.01. The van der Waals surface area contributed by atoms with Crippen LogP contribution in [0, 0.1) is 5.92 Å². The average Bonchev–Trinajstić information content (AvgIpc) is 2.45. The van der Waals surface area contributed by atoms with Crippen LogP contribution in [0.3, 0.4) is 0 Å². The van der Waals surface area contributed by atoms with Crippen molar-refractivity contribution in [3.05, 3.63) is 35.4 Å². The Hall–Kier alpha value is -1.15. The quantitative estimate of drug-likeness (QED) is 0.809. The number of benzene rings is 1. The van der Waals surface area contributed by atoms with Crippen molar-refractivity contribution in [2.24, 2.45) is 5.92 Å². The number of rotatable bonds is 2. The van der Waals surface area contributed by atoms with E-state index >= 15 is 0 Å². The number of hydrogen-bond donors (Lipinski definition) is 0. The molecule has 3 atom stereocenters. The third kappa shape index (κ3) is 2.02. The Morgan fingerprint density at radius 3 is 2.74 bits per heavy atom. The van der Waals surface area contributed by atoms with Gasteiger partial charge in [-0.05, 0) is 30.4 Å². The summed E-state index contributed by atoms with van der Waals surface area (Å²) < 4.78 is 0. The maximum Gasteiger partial charge on any atom is 0.139 e. The van der Waals surface area contributed by atoms with E-state index in [0.29, 0.717) is 24.3 Å². The van der Waals surface area contributed by atoms with Gasteiger partial charge in [-0.25, -0.2) is 0 Å². The second-order valence-electron chi connectivity index (χ2n) is 5.86. The van der Waals surface area contributed by atoms with Gasteiger partial charge in [-0.1, -0.05) is 38.1 Å². The Morgan fingerprint density at radius 2 is 2.00 bits per heavy atom. The summed E-state index contributed by atoms with van der Waals surface area (Å²) in [6.07, 6.45) is 3.92. The minimum absolute atomic E-state index is 0.256. The Labute approximate surface area is 115 Å². The standard InChI is InChI=1S/C17H23NO/c1-3-13-15(4-2)18-10-9-12-7-5-6-8-14(12)16(18)11-17(13)19/h5-8,13,15-16H,3-4,9-11H2,1-2H3. The molecule has 2 aliphatic rings. The van der Waals surface area contributed by atoms with E-state index in [1.807, 2.05) is 0 Å². The monoisotopic (exact) mass is 257 g/mol. The van der Waals surface area contributed by atoms with E-state index in [4.69, 9.17) is 0 Å². The van der Waals surface area contributed by atoms with E-state index in [2.05, 4.69) is 43.0 Å². The molecule has 102 valence electrons. The topological polar surface area (TPSA) is 20.3 Å². The van der Waals surface area contributed by atoms with E-state index in [1.54, 1.807) is 0 Å². The summed E-state index contributed by atoms with van der Waals surface area (Å²) in [5, 5.41) is 0. The van der Waals surface area contributed by atoms with E-state index in [-0.39, 0.29) is 5.92 Å². The molecule has 3 unspecified atom stereocenters. The van der Waals surface area contributed by atoms with Gasteiger partial charge >= 0.3 is 0 Å². The number of nitrogens with zero attached hydrogens (tertiary/aromatic N) is 1. The normalized spacial score (nSPS) is 30.8. The minimum atomic E-state index is 0.256. The zero-order valence-corrected chi connectivity index (χ0v) is 11.9. The molecule has 1 fully saturated rings. The maximum atomic E-state index is 12.4. The number of hydrogen-bond acceptors (Lipinski definition) is 2. The zero-order valence-electron chi connectivity index (χ0n) is 11.9. The smallest absolute Gasteiger partial charge is 0.139 e. The Balaban J connectivity index is 1.98. The first-order valence-corrected chi connectivity index (χ1v) is 7.62. The predicted octanol–water partition coefficient (Wildman–Crippen LogP) is 3.36. The number of piperidine rings is 1. The van der Waals surface area contributed by atoms with Crippen molar-refractivity contribution in [2.75, 3.05) is 6.54 Å². The van der Waals surface area contributed by atoms with Crippen molar-refractivity contribution in [1.82, 2.24) is 4.90 Å². The molecular weight excluding hydrogens is 234 g/mol. The zero-order chi connectivity index (χ0) is 13.4. The van der Waals surface area contributed by atoms with Gasteiger partial charge in [-0.2, -0.15) is 0 Å².